The molecule has 0 saturated carbocycles. The van der Waals surface area contributed by atoms with Crippen molar-refractivity contribution in [2.24, 2.45) is 5.41 Å². The number of tetrazole rings is 1. The molecule has 1 aromatic heterocycles. The van der Waals surface area contributed by atoms with E-state index in [0.717, 1.165) is 23.2 Å². The summed E-state index contributed by atoms with van der Waals surface area (Å²) >= 11 is 16.0. The predicted octanol–water partition coefficient (Wildman–Crippen LogP) is 6.38. The molecule has 36 heavy (non-hydrogen) atoms. The van der Waals surface area contributed by atoms with Crippen LogP contribution < -0.4 is 14.8 Å². The first-order valence-corrected chi connectivity index (χ1v) is 13.1. The number of carbonyl (C=O) groups is 1. The number of ether oxygens (including phenoxy) is 2. The van der Waals surface area contributed by atoms with Gasteiger partial charge in [0.25, 0.3) is 0 Å². The lowest BCUT2D eigenvalue weighted by atomic mass is 9.73. The Morgan fingerprint density at radius 1 is 1.19 bits per heavy atom. The quantitative estimate of drug-likeness (QED) is 0.355. The van der Waals surface area contributed by atoms with Crippen molar-refractivity contribution < 1.29 is 14.3 Å². The number of hydrogen-bond acceptors (Lipinski definition) is 7. The molecule has 11 heteroatoms. The fraction of sp³-hybridized carbons (Fsp3) is 0.360. The van der Waals surface area contributed by atoms with Gasteiger partial charge in [0.05, 0.1) is 11.1 Å². The third-order valence-electron chi connectivity index (χ3n) is 6.23. The van der Waals surface area contributed by atoms with Gasteiger partial charge in [0.15, 0.2) is 17.3 Å². The normalized spacial score (nSPS) is 18.4. The van der Waals surface area contributed by atoms with Crippen LogP contribution in [0.25, 0.3) is 0 Å². The molecule has 2 aliphatic rings. The van der Waals surface area contributed by atoms with Crippen LogP contribution in [0.2, 0.25) is 10.0 Å². The van der Waals surface area contributed by atoms with Gasteiger partial charge in [-0.2, -0.15) is 4.68 Å². The summed E-state index contributed by atoms with van der Waals surface area (Å²) in [6.45, 7) is 6.73. The summed E-state index contributed by atoms with van der Waals surface area (Å²) in [5.41, 5.74) is 2.97. The number of ketones is 1. The second-order valence-electron chi connectivity index (χ2n) is 9.60. The van der Waals surface area contributed by atoms with Crippen LogP contribution in [0, 0.1) is 5.41 Å². The van der Waals surface area contributed by atoms with Gasteiger partial charge < -0.3 is 14.8 Å². The molecule has 3 aromatic rings. The summed E-state index contributed by atoms with van der Waals surface area (Å²) in [4.78, 5) is 13.4. The van der Waals surface area contributed by atoms with Crippen LogP contribution in [0.3, 0.4) is 0 Å². The van der Waals surface area contributed by atoms with Gasteiger partial charge >= 0.3 is 0 Å². The van der Waals surface area contributed by atoms with Crippen molar-refractivity contribution in [2.75, 3.05) is 11.9 Å². The van der Waals surface area contributed by atoms with Crippen LogP contribution in [0.15, 0.2) is 46.1 Å². The molecule has 8 nitrogen and oxygen atoms in total. The molecule has 1 unspecified atom stereocenters. The fourth-order valence-electron chi connectivity index (χ4n) is 4.72. The van der Waals surface area contributed by atoms with Gasteiger partial charge in [0, 0.05) is 33.3 Å². The number of nitrogens with one attached hydrogen (secondary N) is 1. The summed E-state index contributed by atoms with van der Waals surface area (Å²) in [5, 5.41) is 16.5. The van der Waals surface area contributed by atoms with Gasteiger partial charge in [-0.15, -0.1) is 0 Å². The number of nitrogens with zero attached hydrogens (tertiary/aromatic N) is 4. The van der Waals surface area contributed by atoms with E-state index in [9.17, 15) is 4.79 Å². The lowest BCUT2D eigenvalue weighted by molar-refractivity contribution is -0.118. The highest BCUT2D eigenvalue weighted by Crippen LogP contribution is 2.47. The van der Waals surface area contributed by atoms with Crippen LogP contribution in [0.1, 0.15) is 50.8 Å². The Hall–Kier alpha value is -2.62. The van der Waals surface area contributed by atoms with E-state index < -0.39 is 6.04 Å². The molecule has 1 aliphatic heterocycles. The third kappa shape index (κ3) is 4.71. The van der Waals surface area contributed by atoms with E-state index in [1.54, 1.807) is 16.8 Å². The molecule has 5 rings (SSSR count). The molecule has 2 aromatic carbocycles. The Labute approximate surface area is 227 Å². The van der Waals surface area contributed by atoms with E-state index in [-0.39, 0.29) is 17.8 Å². The van der Waals surface area contributed by atoms with Crippen LogP contribution >= 0.6 is 39.1 Å². The van der Waals surface area contributed by atoms with Crippen molar-refractivity contribution >= 4 is 50.9 Å². The third-order valence-corrected chi connectivity index (χ3v) is 7.40. The average molecular weight is 593 g/mol. The largest absolute Gasteiger partial charge is 0.490 e. The van der Waals surface area contributed by atoms with Gasteiger partial charge in [-0.3, -0.25) is 4.79 Å². The maximum atomic E-state index is 13.4. The number of anilines is 1. The molecule has 2 heterocycles. The zero-order valence-corrected chi connectivity index (χ0v) is 23.0. The minimum absolute atomic E-state index is 0.0756. The minimum Gasteiger partial charge on any atom is -0.490 e. The van der Waals surface area contributed by atoms with Crippen molar-refractivity contribution in [3.05, 3.63) is 67.2 Å². The van der Waals surface area contributed by atoms with Gasteiger partial charge in [-0.25, -0.2) is 0 Å². The molecule has 0 saturated heterocycles. The molecule has 1 atom stereocenters. The van der Waals surface area contributed by atoms with Crippen LogP contribution in [-0.2, 0) is 11.4 Å². The van der Waals surface area contributed by atoms with Crippen LogP contribution in [0.4, 0.5) is 5.95 Å². The summed E-state index contributed by atoms with van der Waals surface area (Å²) in [7, 11) is 0. The summed E-state index contributed by atoms with van der Waals surface area (Å²) in [6, 6.07) is 8.57. The number of fused-ring (bicyclic) bond motifs is 1. The maximum absolute atomic E-state index is 13.4. The molecule has 1 aliphatic carbocycles. The molecule has 0 spiro atoms. The molecular weight excluding hydrogens is 569 g/mol. The predicted molar refractivity (Wildman–Crippen MR) is 141 cm³/mol. The van der Waals surface area contributed by atoms with Gasteiger partial charge in [-0.1, -0.05) is 48.2 Å². The van der Waals surface area contributed by atoms with E-state index in [0.29, 0.717) is 50.6 Å². The van der Waals surface area contributed by atoms with Crippen LogP contribution in [0.5, 0.6) is 11.5 Å². The molecule has 188 valence electrons. The molecule has 0 radical (unpaired) electrons. The second-order valence-corrected chi connectivity index (χ2v) is 11.3. The molecular formula is C25H24BrCl2N5O3. The van der Waals surface area contributed by atoms with Crippen molar-refractivity contribution in [3.8, 4) is 11.5 Å². The van der Waals surface area contributed by atoms with E-state index in [2.05, 4.69) is 50.6 Å². The number of rotatable bonds is 6. The van der Waals surface area contributed by atoms with E-state index in [1.165, 1.54) is 0 Å². The lowest BCUT2D eigenvalue weighted by Crippen LogP contribution is -2.36. The summed E-state index contributed by atoms with van der Waals surface area (Å²) in [5.74, 6) is 1.64. The van der Waals surface area contributed by atoms with E-state index >= 15 is 0 Å². The first-order chi connectivity index (χ1) is 17.2. The van der Waals surface area contributed by atoms with Crippen molar-refractivity contribution in [1.29, 1.82) is 0 Å². The zero-order chi connectivity index (χ0) is 25.6. The van der Waals surface area contributed by atoms with Gasteiger partial charge in [0.1, 0.15) is 12.6 Å². The first kappa shape index (κ1) is 25.0. The van der Waals surface area contributed by atoms with E-state index in [4.69, 9.17) is 32.7 Å². The Morgan fingerprint density at radius 3 is 2.75 bits per heavy atom. The standard InChI is InChI=1S/C25H24BrCl2N5O3/c1-4-35-20-8-14(7-16(26)23(20)36-12-13-5-6-15(27)9-17(13)28)22-21-18(10-25(2,3)11-19(21)34)29-24-30-31-32-33(22)24/h5-9,22H,4,10-12H2,1-3H3,(H,29,30,32). The molecule has 0 fully saturated rings. The molecule has 1 N–H and O–H groups in total. The van der Waals surface area contributed by atoms with Gasteiger partial charge in [0.2, 0.25) is 5.95 Å². The summed E-state index contributed by atoms with van der Waals surface area (Å²) in [6.07, 6.45) is 1.17. The Bertz CT molecular complexity index is 1390. The minimum atomic E-state index is -0.495. The van der Waals surface area contributed by atoms with E-state index in [1.807, 2.05) is 25.1 Å². The number of allylic oxidation sites excluding steroid dienone is 2. The van der Waals surface area contributed by atoms with Crippen molar-refractivity contribution in [3.63, 3.8) is 0 Å². The number of benzene rings is 2. The second kappa shape index (κ2) is 9.68. The number of halogens is 3. The van der Waals surface area contributed by atoms with Crippen molar-refractivity contribution in [2.45, 2.75) is 46.3 Å². The molecule has 0 amide bonds. The summed E-state index contributed by atoms with van der Waals surface area (Å²) < 4.78 is 14.4. The fourth-order valence-corrected chi connectivity index (χ4v) is 5.75. The zero-order valence-electron chi connectivity index (χ0n) is 19.9. The average Bonchev–Trinajstić information content (AvgIpc) is 3.25. The Morgan fingerprint density at radius 2 is 2.00 bits per heavy atom. The molecule has 0 bridgehead atoms. The first-order valence-electron chi connectivity index (χ1n) is 11.5. The smallest absolute Gasteiger partial charge is 0.248 e. The number of carbonyl (C=O) groups excluding carboxylic acids is 1. The Kier molecular flexibility index (Phi) is 6.74. The monoisotopic (exact) mass is 591 g/mol. The lowest BCUT2D eigenvalue weighted by Gasteiger charge is -2.38. The highest BCUT2D eigenvalue weighted by Gasteiger charge is 2.42. The van der Waals surface area contributed by atoms with Crippen LogP contribution in [-0.4, -0.2) is 32.6 Å². The topological polar surface area (TPSA) is 91.2 Å². The maximum Gasteiger partial charge on any atom is 0.248 e. The number of Topliss-reactive ketones (excluding diaryl/α,β-unsaturated/α-hetero) is 1. The Balaban J connectivity index is 1.55. The number of hydrogen-bond donors (Lipinski definition) is 1. The van der Waals surface area contributed by atoms with Crippen molar-refractivity contribution in [1.82, 2.24) is 20.2 Å². The number of aromatic nitrogens is 4. The SMILES string of the molecule is CCOc1cc(C2C3=C(CC(C)(C)CC3=O)Nc3nnnn32)cc(Br)c1OCc1ccc(Cl)cc1Cl. The van der Waals surface area contributed by atoms with Gasteiger partial charge in [-0.05, 0) is 74.9 Å². The highest BCUT2D eigenvalue weighted by atomic mass is 79.9. The highest BCUT2D eigenvalue weighted by molar-refractivity contribution is 9.10.